The fourth-order valence-corrected chi connectivity index (χ4v) is 2.51. The number of benzene rings is 2. The third-order valence-corrected chi connectivity index (χ3v) is 3.58. The van der Waals surface area contributed by atoms with Gasteiger partial charge in [0.1, 0.15) is 0 Å². The summed E-state index contributed by atoms with van der Waals surface area (Å²) in [5.74, 6) is 1.47. The molecular weight excluding hydrogens is 354 g/mol. The van der Waals surface area contributed by atoms with Crippen LogP contribution in [0.3, 0.4) is 0 Å². The van der Waals surface area contributed by atoms with Crippen molar-refractivity contribution >= 4 is 20.9 Å². The molecule has 0 unspecified atom stereocenters. The molecule has 0 aliphatic carbocycles. The van der Waals surface area contributed by atoms with Crippen molar-refractivity contribution in [2.45, 2.75) is 6.42 Å². The van der Waals surface area contributed by atoms with Crippen LogP contribution in [0.2, 0.25) is 0 Å². The lowest BCUT2D eigenvalue weighted by Gasteiger charge is -2.11. The van der Waals surface area contributed by atoms with E-state index in [1.54, 1.807) is 14.2 Å². The summed E-state index contributed by atoms with van der Waals surface area (Å²) in [7, 11) is -0.368. The van der Waals surface area contributed by atoms with Gasteiger partial charge in [0.15, 0.2) is 11.5 Å². The van der Waals surface area contributed by atoms with Crippen LogP contribution in [0.1, 0.15) is 11.1 Å². The Hall–Kier alpha value is -2.64. The predicted octanol–water partition coefficient (Wildman–Crippen LogP) is 3.35. The average molecular weight is 375 g/mol. The summed E-state index contributed by atoms with van der Waals surface area (Å²) >= 11 is 0. The molecule has 0 saturated heterocycles. The molecule has 2 aromatic carbocycles. The highest BCUT2D eigenvalue weighted by Gasteiger charge is 2.09. The lowest BCUT2D eigenvalue weighted by Crippen LogP contribution is -1.95. The summed E-state index contributed by atoms with van der Waals surface area (Å²) < 4.78 is 36.6. The van der Waals surface area contributed by atoms with Crippen LogP contribution in [0.25, 0.3) is 10.8 Å². The van der Waals surface area contributed by atoms with Crippen molar-refractivity contribution in [2.24, 2.45) is 0 Å². The molecule has 0 atom stereocenters. The van der Waals surface area contributed by atoms with E-state index in [1.807, 2.05) is 30.6 Å². The molecule has 1 aromatic heterocycles. The first kappa shape index (κ1) is 19.7. The normalized spacial score (nSPS) is 10.8. The Morgan fingerprint density at radius 2 is 1.58 bits per heavy atom. The number of nitrogens with zero attached hydrogens (tertiary/aromatic N) is 1. The van der Waals surface area contributed by atoms with Crippen LogP contribution in [0.15, 0.2) is 54.9 Å². The molecule has 3 rings (SSSR count). The molecule has 0 spiro atoms. The maximum Gasteiger partial charge on any atom is 0.261 e. The van der Waals surface area contributed by atoms with Crippen LogP contribution in [0.4, 0.5) is 0 Å². The molecule has 0 amide bonds. The van der Waals surface area contributed by atoms with Gasteiger partial charge in [-0.1, -0.05) is 30.3 Å². The van der Waals surface area contributed by atoms with E-state index in [9.17, 15) is 8.42 Å². The van der Waals surface area contributed by atoms with E-state index in [1.165, 1.54) is 11.1 Å². The van der Waals surface area contributed by atoms with E-state index in [0.29, 0.717) is 6.26 Å². The van der Waals surface area contributed by atoms with Gasteiger partial charge in [0.2, 0.25) is 0 Å². The monoisotopic (exact) mass is 375 g/mol. The summed E-state index contributed by atoms with van der Waals surface area (Å²) in [6, 6.07) is 14.4. The SMILES string of the molecule is COc1cc2cncc(Cc3ccccc3)c2cc1OC.CS(=O)(=O)O. The van der Waals surface area contributed by atoms with Crippen molar-refractivity contribution in [3.8, 4) is 11.5 Å². The lowest BCUT2D eigenvalue weighted by molar-refractivity contribution is 0.356. The van der Waals surface area contributed by atoms with Gasteiger partial charge in [0.25, 0.3) is 10.1 Å². The highest BCUT2D eigenvalue weighted by atomic mass is 32.2. The fourth-order valence-electron chi connectivity index (χ4n) is 2.51. The van der Waals surface area contributed by atoms with Crippen LogP contribution in [-0.4, -0.2) is 38.4 Å². The first-order valence-electron chi connectivity index (χ1n) is 7.77. The molecule has 1 heterocycles. The predicted molar refractivity (Wildman–Crippen MR) is 102 cm³/mol. The fraction of sp³-hybridized carbons (Fsp3) is 0.211. The van der Waals surface area contributed by atoms with Gasteiger partial charge >= 0.3 is 0 Å². The largest absolute Gasteiger partial charge is 0.493 e. The van der Waals surface area contributed by atoms with Crippen LogP contribution >= 0.6 is 0 Å². The zero-order valence-corrected chi connectivity index (χ0v) is 15.7. The minimum atomic E-state index is -3.67. The minimum Gasteiger partial charge on any atom is -0.493 e. The summed E-state index contributed by atoms with van der Waals surface area (Å²) in [6.07, 6.45) is 5.33. The van der Waals surface area contributed by atoms with E-state index in [4.69, 9.17) is 14.0 Å². The molecular formula is C19H21NO5S. The molecule has 3 aromatic rings. The van der Waals surface area contributed by atoms with Gasteiger partial charge in [-0.2, -0.15) is 8.42 Å². The third-order valence-electron chi connectivity index (χ3n) is 3.58. The van der Waals surface area contributed by atoms with Crippen molar-refractivity contribution < 1.29 is 22.4 Å². The van der Waals surface area contributed by atoms with Crippen LogP contribution in [0.5, 0.6) is 11.5 Å². The van der Waals surface area contributed by atoms with E-state index in [2.05, 4.69) is 29.2 Å². The van der Waals surface area contributed by atoms with Gasteiger partial charge in [0.05, 0.1) is 20.5 Å². The molecule has 0 aliphatic heterocycles. The summed E-state index contributed by atoms with van der Waals surface area (Å²) in [5.41, 5.74) is 2.45. The molecule has 0 bridgehead atoms. The highest BCUT2D eigenvalue weighted by Crippen LogP contribution is 2.33. The Morgan fingerprint density at radius 1 is 1.00 bits per heavy atom. The molecule has 0 fully saturated rings. The first-order valence-corrected chi connectivity index (χ1v) is 9.61. The Labute approximate surface area is 153 Å². The Balaban J connectivity index is 0.000000431. The van der Waals surface area contributed by atoms with E-state index in [0.717, 1.165) is 28.7 Å². The smallest absolute Gasteiger partial charge is 0.261 e. The van der Waals surface area contributed by atoms with Gasteiger partial charge in [0, 0.05) is 17.8 Å². The summed E-state index contributed by atoms with van der Waals surface area (Å²) in [4.78, 5) is 4.34. The third kappa shape index (κ3) is 5.72. The second-order valence-electron chi connectivity index (χ2n) is 5.62. The Bertz CT molecular complexity index is 964. The summed E-state index contributed by atoms with van der Waals surface area (Å²) in [6.45, 7) is 0. The number of rotatable bonds is 4. The van der Waals surface area contributed by atoms with Gasteiger partial charge in [-0.05, 0) is 35.1 Å². The van der Waals surface area contributed by atoms with Gasteiger partial charge in [-0.3, -0.25) is 9.54 Å². The standard InChI is InChI=1S/C18H17NO2.CH4O3S/c1-20-17-9-15-12-19-11-14(16(15)10-18(17)21-2)8-13-6-4-3-5-7-13;1-5(2,3)4/h3-7,9-12H,8H2,1-2H3;1H3,(H,2,3,4). The van der Waals surface area contributed by atoms with Gasteiger partial charge < -0.3 is 9.47 Å². The molecule has 0 saturated carbocycles. The van der Waals surface area contributed by atoms with Gasteiger partial charge in [-0.25, -0.2) is 0 Å². The quantitative estimate of drug-likeness (QED) is 0.704. The topological polar surface area (TPSA) is 85.7 Å². The number of aromatic nitrogens is 1. The number of fused-ring (bicyclic) bond motifs is 1. The maximum absolute atomic E-state index is 9.19. The lowest BCUT2D eigenvalue weighted by atomic mass is 10.0. The second-order valence-corrected chi connectivity index (χ2v) is 7.09. The van der Waals surface area contributed by atoms with Crippen molar-refractivity contribution in [3.05, 3.63) is 66.0 Å². The van der Waals surface area contributed by atoms with Crippen LogP contribution in [-0.2, 0) is 16.5 Å². The van der Waals surface area contributed by atoms with E-state index >= 15 is 0 Å². The van der Waals surface area contributed by atoms with E-state index < -0.39 is 10.1 Å². The van der Waals surface area contributed by atoms with Gasteiger partial charge in [-0.15, -0.1) is 0 Å². The first-order chi connectivity index (χ1) is 12.3. The van der Waals surface area contributed by atoms with Crippen LogP contribution in [0, 0.1) is 0 Å². The van der Waals surface area contributed by atoms with Crippen molar-refractivity contribution in [3.63, 3.8) is 0 Å². The zero-order chi connectivity index (χ0) is 19.2. The zero-order valence-electron chi connectivity index (χ0n) is 14.8. The summed E-state index contributed by atoms with van der Waals surface area (Å²) in [5, 5.41) is 2.20. The number of methoxy groups -OCH3 is 2. The second kappa shape index (κ2) is 8.64. The van der Waals surface area contributed by atoms with Crippen molar-refractivity contribution in [1.82, 2.24) is 4.98 Å². The molecule has 1 N–H and O–H groups in total. The molecule has 7 heteroatoms. The Morgan fingerprint density at radius 3 is 2.15 bits per heavy atom. The average Bonchev–Trinajstić information content (AvgIpc) is 2.60. The maximum atomic E-state index is 9.19. The molecule has 26 heavy (non-hydrogen) atoms. The molecule has 0 aliphatic rings. The number of hydrogen-bond acceptors (Lipinski definition) is 5. The number of ether oxygens (including phenoxy) is 2. The van der Waals surface area contributed by atoms with Crippen LogP contribution < -0.4 is 9.47 Å². The van der Waals surface area contributed by atoms with E-state index in [-0.39, 0.29) is 0 Å². The van der Waals surface area contributed by atoms with Crippen molar-refractivity contribution in [2.75, 3.05) is 20.5 Å². The number of hydrogen-bond donors (Lipinski definition) is 1. The Kier molecular flexibility index (Phi) is 6.54. The molecule has 0 radical (unpaired) electrons. The molecule has 6 nitrogen and oxygen atoms in total. The minimum absolute atomic E-state index is 0.715. The van der Waals surface area contributed by atoms with Crippen molar-refractivity contribution in [1.29, 1.82) is 0 Å². The molecule has 138 valence electrons. The number of pyridine rings is 1. The highest BCUT2D eigenvalue weighted by molar-refractivity contribution is 7.85.